The topological polar surface area (TPSA) is 71.4 Å². The van der Waals surface area contributed by atoms with Gasteiger partial charge in [-0.05, 0) is 44.2 Å². The molecule has 0 bridgehead atoms. The van der Waals surface area contributed by atoms with Gasteiger partial charge in [0, 0.05) is 32.4 Å². The van der Waals surface area contributed by atoms with Crippen LogP contribution in [0.25, 0.3) is 0 Å². The Morgan fingerprint density at radius 3 is 2.50 bits per heavy atom. The van der Waals surface area contributed by atoms with Crippen LogP contribution in [0.5, 0.6) is 0 Å². The summed E-state index contributed by atoms with van der Waals surface area (Å²) in [6, 6.07) is 9.44. The third kappa shape index (κ3) is 4.15. The van der Waals surface area contributed by atoms with Crippen molar-refractivity contribution in [2.75, 3.05) is 13.1 Å². The first-order valence-electron chi connectivity index (χ1n) is 9.70. The van der Waals surface area contributed by atoms with E-state index < -0.39 is 10.0 Å². The van der Waals surface area contributed by atoms with Crippen LogP contribution in [-0.4, -0.2) is 36.3 Å². The Kier molecular flexibility index (Phi) is 5.95. The summed E-state index contributed by atoms with van der Waals surface area (Å²) in [6.45, 7) is 7.37. The van der Waals surface area contributed by atoms with E-state index in [1.54, 1.807) is 22.8 Å². The van der Waals surface area contributed by atoms with Gasteiger partial charge < -0.3 is 9.88 Å². The van der Waals surface area contributed by atoms with E-state index in [2.05, 4.69) is 12.2 Å². The largest absolute Gasteiger partial charge is 0.347 e. The molecule has 28 heavy (non-hydrogen) atoms. The third-order valence-electron chi connectivity index (χ3n) is 5.62. The minimum atomic E-state index is -3.59. The molecule has 152 valence electrons. The van der Waals surface area contributed by atoms with E-state index in [1.807, 2.05) is 31.2 Å². The number of aromatic nitrogens is 1. The maximum atomic E-state index is 13.1. The summed E-state index contributed by atoms with van der Waals surface area (Å²) in [7, 11) is -1.86. The van der Waals surface area contributed by atoms with E-state index in [0.29, 0.717) is 36.9 Å². The van der Waals surface area contributed by atoms with Crippen molar-refractivity contribution in [1.82, 2.24) is 14.2 Å². The van der Waals surface area contributed by atoms with Crippen LogP contribution in [0.3, 0.4) is 0 Å². The molecule has 1 amide bonds. The van der Waals surface area contributed by atoms with Gasteiger partial charge in [-0.2, -0.15) is 4.31 Å². The summed E-state index contributed by atoms with van der Waals surface area (Å²) < 4.78 is 29.4. The summed E-state index contributed by atoms with van der Waals surface area (Å²) in [5, 5.41) is 2.89. The predicted molar refractivity (Wildman–Crippen MR) is 110 cm³/mol. The minimum Gasteiger partial charge on any atom is -0.347 e. The number of carbonyl (C=O) groups excluding carboxylic acids is 1. The van der Waals surface area contributed by atoms with Crippen molar-refractivity contribution >= 4 is 15.9 Å². The van der Waals surface area contributed by atoms with Crippen LogP contribution in [-0.2, 0) is 23.6 Å². The average Bonchev–Trinajstić information content (AvgIpc) is 2.96. The van der Waals surface area contributed by atoms with Crippen molar-refractivity contribution in [3.05, 3.63) is 52.8 Å². The van der Waals surface area contributed by atoms with Crippen LogP contribution in [0.2, 0.25) is 0 Å². The number of piperidine rings is 1. The predicted octanol–water partition coefficient (Wildman–Crippen LogP) is 2.99. The lowest BCUT2D eigenvalue weighted by molar-refractivity contribution is 0.0942. The number of aryl methyl sites for hydroxylation is 1. The number of hydrogen-bond acceptors (Lipinski definition) is 3. The Morgan fingerprint density at radius 2 is 1.86 bits per heavy atom. The van der Waals surface area contributed by atoms with Crippen molar-refractivity contribution in [3.8, 4) is 0 Å². The Bertz CT molecular complexity index is 971. The second-order valence-electron chi connectivity index (χ2n) is 7.80. The first-order valence-corrected chi connectivity index (χ1v) is 11.1. The molecule has 1 N–H and O–H groups in total. The van der Waals surface area contributed by atoms with Gasteiger partial charge in [-0.1, -0.05) is 36.8 Å². The molecule has 1 aliphatic rings. The first kappa shape index (κ1) is 20.6. The summed E-state index contributed by atoms with van der Waals surface area (Å²) in [4.78, 5) is 12.9. The van der Waals surface area contributed by atoms with E-state index in [9.17, 15) is 13.2 Å². The van der Waals surface area contributed by atoms with Gasteiger partial charge in [0.15, 0.2) is 0 Å². The fourth-order valence-electron chi connectivity index (χ4n) is 3.61. The Morgan fingerprint density at radius 1 is 1.18 bits per heavy atom. The van der Waals surface area contributed by atoms with Gasteiger partial charge in [0.05, 0.1) is 0 Å². The summed E-state index contributed by atoms with van der Waals surface area (Å²) >= 11 is 0. The molecule has 0 spiro atoms. The number of benzene rings is 1. The van der Waals surface area contributed by atoms with Gasteiger partial charge in [-0.15, -0.1) is 0 Å². The number of nitrogens with one attached hydrogen (secondary N) is 1. The number of rotatable bonds is 5. The molecule has 0 unspecified atom stereocenters. The average molecular weight is 404 g/mol. The Labute approximate surface area is 167 Å². The lowest BCUT2D eigenvalue weighted by Gasteiger charge is -2.29. The fraction of sp³-hybridized carbons (Fsp3) is 0.476. The molecule has 6 nitrogen and oxygen atoms in total. The summed E-state index contributed by atoms with van der Waals surface area (Å²) in [5.74, 6) is 0.270. The van der Waals surface area contributed by atoms with E-state index in [-0.39, 0.29) is 10.8 Å². The number of sulfonamides is 1. The van der Waals surface area contributed by atoms with Gasteiger partial charge in [0.1, 0.15) is 10.6 Å². The summed E-state index contributed by atoms with van der Waals surface area (Å²) in [5.41, 5.74) is 3.08. The maximum Gasteiger partial charge on any atom is 0.268 e. The van der Waals surface area contributed by atoms with Gasteiger partial charge in [0.2, 0.25) is 10.0 Å². The highest BCUT2D eigenvalue weighted by Crippen LogP contribution is 2.27. The Balaban J connectivity index is 1.79. The van der Waals surface area contributed by atoms with Gasteiger partial charge in [0.25, 0.3) is 5.91 Å². The maximum absolute atomic E-state index is 13.1. The number of nitrogens with zero attached hydrogens (tertiary/aromatic N) is 2. The standard InChI is InChI=1S/C21H29N3O3S/c1-15-8-10-24(11-9-15)28(26,27)20-13-19(23(4)17(20)3)21(25)22-14-18-7-5-6-16(2)12-18/h5-7,12-13,15H,8-11,14H2,1-4H3,(H,22,25). The lowest BCUT2D eigenvalue weighted by Crippen LogP contribution is -2.38. The second-order valence-corrected chi connectivity index (χ2v) is 9.70. The summed E-state index contributed by atoms with van der Waals surface area (Å²) in [6.07, 6.45) is 1.74. The zero-order valence-corrected chi connectivity index (χ0v) is 17.8. The molecule has 3 rings (SSSR count). The molecule has 2 heterocycles. The molecule has 1 fully saturated rings. The van der Waals surface area contributed by atoms with Crippen LogP contribution in [0, 0.1) is 19.8 Å². The van der Waals surface area contributed by atoms with Crippen molar-refractivity contribution in [1.29, 1.82) is 0 Å². The fourth-order valence-corrected chi connectivity index (χ4v) is 5.35. The van der Waals surface area contributed by atoms with Gasteiger partial charge >= 0.3 is 0 Å². The SMILES string of the molecule is Cc1cccc(CNC(=O)c2cc(S(=O)(=O)N3CCC(C)CC3)c(C)n2C)c1. The quantitative estimate of drug-likeness (QED) is 0.834. The Hall–Kier alpha value is -2.12. The second kappa shape index (κ2) is 8.09. The molecule has 0 atom stereocenters. The van der Waals surface area contributed by atoms with E-state index in [1.165, 1.54) is 6.07 Å². The van der Waals surface area contributed by atoms with Crippen LogP contribution in [0.4, 0.5) is 0 Å². The van der Waals surface area contributed by atoms with Gasteiger partial charge in [-0.25, -0.2) is 8.42 Å². The smallest absolute Gasteiger partial charge is 0.268 e. The van der Waals surface area contributed by atoms with Crippen LogP contribution in [0.1, 0.15) is 47.1 Å². The molecule has 7 heteroatoms. The molecule has 0 radical (unpaired) electrons. The van der Waals surface area contributed by atoms with Crippen molar-refractivity contribution in [2.24, 2.45) is 13.0 Å². The van der Waals surface area contributed by atoms with E-state index in [4.69, 9.17) is 0 Å². The van der Waals surface area contributed by atoms with Crippen molar-refractivity contribution in [3.63, 3.8) is 0 Å². The van der Waals surface area contributed by atoms with Crippen molar-refractivity contribution < 1.29 is 13.2 Å². The normalized spacial score (nSPS) is 16.3. The zero-order valence-electron chi connectivity index (χ0n) is 17.0. The molecule has 1 aliphatic heterocycles. The molecular formula is C21H29N3O3S. The monoisotopic (exact) mass is 403 g/mol. The minimum absolute atomic E-state index is 0.227. The van der Waals surface area contributed by atoms with E-state index >= 15 is 0 Å². The number of hydrogen-bond donors (Lipinski definition) is 1. The lowest BCUT2D eigenvalue weighted by atomic mass is 10.0. The highest BCUT2D eigenvalue weighted by Gasteiger charge is 2.32. The highest BCUT2D eigenvalue weighted by molar-refractivity contribution is 7.89. The van der Waals surface area contributed by atoms with Crippen LogP contribution < -0.4 is 5.32 Å². The third-order valence-corrected chi connectivity index (χ3v) is 7.63. The van der Waals surface area contributed by atoms with Gasteiger partial charge in [-0.3, -0.25) is 4.79 Å². The molecule has 2 aromatic rings. The molecule has 1 saturated heterocycles. The highest BCUT2D eigenvalue weighted by atomic mass is 32.2. The molecule has 0 aliphatic carbocycles. The molecular weight excluding hydrogens is 374 g/mol. The van der Waals surface area contributed by atoms with Crippen LogP contribution >= 0.6 is 0 Å². The first-order chi connectivity index (χ1) is 13.2. The zero-order chi connectivity index (χ0) is 20.5. The number of carbonyl (C=O) groups is 1. The van der Waals surface area contributed by atoms with Crippen LogP contribution in [0.15, 0.2) is 35.2 Å². The van der Waals surface area contributed by atoms with E-state index in [0.717, 1.165) is 24.0 Å². The molecule has 1 aromatic carbocycles. The molecule has 1 aromatic heterocycles. The number of amides is 1. The van der Waals surface area contributed by atoms with Crippen molar-refractivity contribution in [2.45, 2.75) is 45.1 Å². The molecule has 0 saturated carbocycles.